The Kier molecular flexibility index (Phi) is 4.95. The maximum Gasteiger partial charge on any atom is 0.264 e. The molecule has 0 saturated heterocycles. The SMILES string of the molecule is Cc1ccc(-n2cc(O)c(C(=O)Nc3ccc(C(C)C)cc3)c2O)cc1C. The van der Waals surface area contributed by atoms with Gasteiger partial charge in [-0.3, -0.25) is 9.36 Å². The predicted octanol–water partition coefficient (Wildman–Crippen LogP) is 4.88. The van der Waals surface area contributed by atoms with E-state index in [4.69, 9.17) is 0 Å². The number of aromatic nitrogens is 1. The van der Waals surface area contributed by atoms with Crippen molar-refractivity contribution < 1.29 is 15.0 Å². The van der Waals surface area contributed by atoms with Gasteiger partial charge in [-0.2, -0.15) is 0 Å². The molecule has 0 fully saturated rings. The van der Waals surface area contributed by atoms with Crippen molar-refractivity contribution in [3.8, 4) is 17.3 Å². The van der Waals surface area contributed by atoms with Gasteiger partial charge in [0, 0.05) is 11.4 Å². The summed E-state index contributed by atoms with van der Waals surface area (Å²) in [5.41, 5.74) is 4.46. The second kappa shape index (κ2) is 7.19. The molecule has 140 valence electrons. The van der Waals surface area contributed by atoms with Gasteiger partial charge in [-0.15, -0.1) is 0 Å². The Balaban J connectivity index is 1.89. The van der Waals surface area contributed by atoms with E-state index in [-0.39, 0.29) is 17.2 Å². The fourth-order valence-corrected chi connectivity index (χ4v) is 2.92. The van der Waals surface area contributed by atoms with Crippen LogP contribution in [0.4, 0.5) is 5.69 Å². The van der Waals surface area contributed by atoms with Crippen molar-refractivity contribution >= 4 is 11.6 Å². The molecule has 1 heterocycles. The molecule has 0 spiro atoms. The zero-order valence-corrected chi connectivity index (χ0v) is 15.9. The van der Waals surface area contributed by atoms with Crippen LogP contribution < -0.4 is 5.32 Å². The monoisotopic (exact) mass is 364 g/mol. The molecular weight excluding hydrogens is 340 g/mol. The van der Waals surface area contributed by atoms with Crippen LogP contribution in [0.2, 0.25) is 0 Å². The van der Waals surface area contributed by atoms with Crippen LogP contribution in [-0.4, -0.2) is 20.7 Å². The van der Waals surface area contributed by atoms with E-state index in [0.29, 0.717) is 17.3 Å². The first-order valence-corrected chi connectivity index (χ1v) is 8.90. The van der Waals surface area contributed by atoms with Crippen molar-refractivity contribution in [2.75, 3.05) is 5.32 Å². The summed E-state index contributed by atoms with van der Waals surface area (Å²) in [6.45, 7) is 8.15. The van der Waals surface area contributed by atoms with E-state index in [2.05, 4.69) is 19.2 Å². The van der Waals surface area contributed by atoms with Crippen LogP contribution in [0, 0.1) is 13.8 Å². The number of nitrogens with zero attached hydrogens (tertiary/aromatic N) is 1. The lowest BCUT2D eigenvalue weighted by molar-refractivity contribution is 0.102. The minimum atomic E-state index is -0.565. The van der Waals surface area contributed by atoms with E-state index in [1.807, 2.05) is 56.3 Å². The number of aromatic hydroxyl groups is 2. The minimum absolute atomic E-state index is 0.152. The van der Waals surface area contributed by atoms with Gasteiger partial charge in [0.25, 0.3) is 5.91 Å². The molecule has 0 atom stereocenters. The van der Waals surface area contributed by atoms with Gasteiger partial charge in [-0.05, 0) is 60.7 Å². The van der Waals surface area contributed by atoms with Crippen molar-refractivity contribution in [2.45, 2.75) is 33.6 Å². The van der Waals surface area contributed by atoms with Crippen LogP contribution in [-0.2, 0) is 0 Å². The standard InChI is InChI=1S/C22H24N2O3/c1-13(2)16-6-8-17(9-7-16)23-21(26)20-19(25)12-24(22(20)27)18-10-5-14(3)15(4)11-18/h5-13,25,27H,1-4H3,(H,23,26). The Morgan fingerprint density at radius 3 is 2.26 bits per heavy atom. The van der Waals surface area contributed by atoms with Gasteiger partial charge in [-0.25, -0.2) is 0 Å². The molecule has 3 aromatic rings. The Morgan fingerprint density at radius 2 is 1.67 bits per heavy atom. The van der Waals surface area contributed by atoms with Crippen LogP contribution in [0.5, 0.6) is 11.6 Å². The van der Waals surface area contributed by atoms with Gasteiger partial charge in [0.05, 0.1) is 6.20 Å². The highest BCUT2D eigenvalue weighted by atomic mass is 16.3. The molecule has 3 N–H and O–H groups in total. The minimum Gasteiger partial charge on any atom is -0.505 e. The predicted molar refractivity (Wildman–Crippen MR) is 107 cm³/mol. The Bertz CT molecular complexity index is 986. The summed E-state index contributed by atoms with van der Waals surface area (Å²) in [7, 11) is 0. The first-order valence-electron chi connectivity index (χ1n) is 8.90. The second-order valence-corrected chi connectivity index (χ2v) is 7.08. The molecule has 0 radical (unpaired) electrons. The number of aryl methyl sites for hydroxylation is 2. The third-order valence-electron chi connectivity index (χ3n) is 4.79. The summed E-state index contributed by atoms with van der Waals surface area (Å²) in [5.74, 6) is -0.742. The molecule has 0 unspecified atom stereocenters. The molecule has 0 saturated carbocycles. The molecule has 1 amide bonds. The van der Waals surface area contributed by atoms with Gasteiger partial charge in [0.15, 0.2) is 0 Å². The average molecular weight is 364 g/mol. The van der Waals surface area contributed by atoms with E-state index in [9.17, 15) is 15.0 Å². The van der Waals surface area contributed by atoms with Crippen LogP contribution in [0.25, 0.3) is 5.69 Å². The molecule has 1 aromatic heterocycles. The zero-order valence-electron chi connectivity index (χ0n) is 15.9. The van der Waals surface area contributed by atoms with E-state index >= 15 is 0 Å². The molecule has 3 rings (SSSR count). The number of hydrogen-bond acceptors (Lipinski definition) is 3. The van der Waals surface area contributed by atoms with Crippen molar-refractivity contribution in [2.24, 2.45) is 0 Å². The highest BCUT2D eigenvalue weighted by Gasteiger charge is 2.23. The molecular formula is C22H24N2O3. The summed E-state index contributed by atoms with van der Waals surface area (Å²) >= 11 is 0. The fourth-order valence-electron chi connectivity index (χ4n) is 2.92. The third-order valence-corrected chi connectivity index (χ3v) is 4.79. The van der Waals surface area contributed by atoms with Gasteiger partial charge < -0.3 is 15.5 Å². The zero-order chi connectivity index (χ0) is 19.7. The van der Waals surface area contributed by atoms with E-state index in [1.165, 1.54) is 16.3 Å². The number of hydrogen-bond donors (Lipinski definition) is 3. The number of benzene rings is 2. The maximum atomic E-state index is 12.6. The van der Waals surface area contributed by atoms with Gasteiger partial charge >= 0.3 is 0 Å². The lowest BCUT2D eigenvalue weighted by Crippen LogP contribution is -2.12. The van der Waals surface area contributed by atoms with Crippen LogP contribution in [0.1, 0.15) is 46.8 Å². The molecule has 0 aliphatic carbocycles. The Labute approximate surface area is 158 Å². The maximum absolute atomic E-state index is 12.6. The molecule has 0 bridgehead atoms. The number of nitrogens with one attached hydrogen (secondary N) is 1. The Morgan fingerprint density at radius 1 is 1.00 bits per heavy atom. The molecule has 0 aliphatic rings. The molecule has 27 heavy (non-hydrogen) atoms. The lowest BCUT2D eigenvalue weighted by atomic mass is 10.0. The van der Waals surface area contributed by atoms with Crippen molar-refractivity contribution in [3.05, 3.63) is 70.9 Å². The van der Waals surface area contributed by atoms with Gasteiger partial charge in [0.2, 0.25) is 5.88 Å². The lowest BCUT2D eigenvalue weighted by Gasteiger charge is -2.09. The number of carbonyl (C=O) groups is 1. The molecule has 5 heteroatoms. The summed E-state index contributed by atoms with van der Waals surface area (Å²) < 4.78 is 1.40. The smallest absolute Gasteiger partial charge is 0.264 e. The molecule has 0 aliphatic heterocycles. The van der Waals surface area contributed by atoms with Gasteiger partial charge in [-0.1, -0.05) is 32.0 Å². The summed E-state index contributed by atoms with van der Waals surface area (Å²) in [5, 5.41) is 23.5. The summed E-state index contributed by atoms with van der Waals surface area (Å²) in [6.07, 6.45) is 1.34. The van der Waals surface area contributed by atoms with Crippen LogP contribution in [0.15, 0.2) is 48.7 Å². The number of carbonyl (C=O) groups excluding carboxylic acids is 1. The number of amides is 1. The van der Waals surface area contributed by atoms with Crippen LogP contribution in [0.3, 0.4) is 0 Å². The topological polar surface area (TPSA) is 74.5 Å². The van der Waals surface area contributed by atoms with Crippen molar-refractivity contribution in [3.63, 3.8) is 0 Å². The van der Waals surface area contributed by atoms with Crippen LogP contribution >= 0.6 is 0 Å². The van der Waals surface area contributed by atoms with Crippen molar-refractivity contribution in [1.29, 1.82) is 0 Å². The van der Waals surface area contributed by atoms with Crippen molar-refractivity contribution in [1.82, 2.24) is 4.57 Å². The highest BCUT2D eigenvalue weighted by molar-refractivity contribution is 6.08. The molecule has 2 aromatic carbocycles. The normalized spacial score (nSPS) is 11.0. The summed E-state index contributed by atoms with van der Waals surface area (Å²) in [4.78, 5) is 12.6. The first-order chi connectivity index (χ1) is 12.8. The summed E-state index contributed by atoms with van der Waals surface area (Å²) in [6, 6.07) is 13.1. The molecule has 5 nitrogen and oxygen atoms in total. The Hall–Kier alpha value is -3.21. The number of rotatable bonds is 4. The highest BCUT2D eigenvalue weighted by Crippen LogP contribution is 2.33. The third kappa shape index (κ3) is 3.67. The largest absolute Gasteiger partial charge is 0.505 e. The average Bonchev–Trinajstić information content (AvgIpc) is 2.92. The number of anilines is 1. The van der Waals surface area contributed by atoms with E-state index in [1.54, 1.807) is 0 Å². The fraction of sp³-hybridized carbons (Fsp3) is 0.227. The quantitative estimate of drug-likeness (QED) is 0.617. The first kappa shape index (κ1) is 18.6. The van der Waals surface area contributed by atoms with Gasteiger partial charge in [0.1, 0.15) is 11.3 Å². The van der Waals surface area contributed by atoms with E-state index in [0.717, 1.165) is 11.1 Å². The second-order valence-electron chi connectivity index (χ2n) is 7.08. The van der Waals surface area contributed by atoms with E-state index < -0.39 is 5.91 Å².